The van der Waals surface area contributed by atoms with Crippen LogP contribution in [0.4, 0.5) is 13.2 Å². The van der Waals surface area contributed by atoms with Crippen LogP contribution in [0.1, 0.15) is 36.5 Å². The Bertz CT molecular complexity index is 880. The van der Waals surface area contributed by atoms with E-state index < -0.39 is 17.8 Å². The van der Waals surface area contributed by atoms with Crippen molar-refractivity contribution in [2.75, 3.05) is 26.2 Å². The van der Waals surface area contributed by atoms with E-state index in [1.807, 2.05) is 11.6 Å². The van der Waals surface area contributed by atoms with Crippen molar-refractivity contribution in [3.8, 4) is 0 Å². The number of carbonyl (C=O) groups excluding carboxylic acids is 1. The Morgan fingerprint density at radius 3 is 2.37 bits per heavy atom. The second-order valence-electron chi connectivity index (χ2n) is 7.95. The van der Waals surface area contributed by atoms with Gasteiger partial charge in [-0.25, -0.2) is 0 Å². The summed E-state index contributed by atoms with van der Waals surface area (Å²) in [6, 6.07) is 1.01. The molecule has 2 aromatic heterocycles. The van der Waals surface area contributed by atoms with Gasteiger partial charge >= 0.3 is 6.18 Å². The Kier molecular flexibility index (Phi) is 6.54. The molecule has 0 aliphatic carbocycles. The molecule has 1 fully saturated rings. The van der Waals surface area contributed by atoms with E-state index in [2.05, 4.69) is 28.2 Å². The second-order valence-corrected chi connectivity index (χ2v) is 7.95. The predicted molar refractivity (Wildman–Crippen MR) is 106 cm³/mol. The van der Waals surface area contributed by atoms with Crippen LogP contribution in [0.2, 0.25) is 0 Å². The average Bonchev–Trinajstić information content (AvgIpc) is 3.24. The zero-order valence-corrected chi connectivity index (χ0v) is 17.9. The summed E-state index contributed by atoms with van der Waals surface area (Å²) in [6.45, 7) is 11.9. The molecule has 30 heavy (non-hydrogen) atoms. The van der Waals surface area contributed by atoms with E-state index in [-0.39, 0.29) is 12.5 Å². The first kappa shape index (κ1) is 22.3. The van der Waals surface area contributed by atoms with Crippen molar-refractivity contribution in [3.63, 3.8) is 0 Å². The standard InChI is InChI=1S/C20H29F3N6O/c1-5-28-13-17(16(4)24-28)12-26-6-8-27(9-7-26)19(30)14(2)11-29-15(3)10-18(25-29)20(21,22)23/h10,13-14H,5-9,11-12H2,1-4H3. The third-order valence-electron chi connectivity index (χ3n) is 5.59. The fourth-order valence-electron chi connectivity index (χ4n) is 3.73. The van der Waals surface area contributed by atoms with Crippen LogP contribution in [0.15, 0.2) is 12.3 Å². The van der Waals surface area contributed by atoms with Gasteiger partial charge in [-0.1, -0.05) is 6.92 Å². The van der Waals surface area contributed by atoms with Crippen molar-refractivity contribution in [2.45, 2.75) is 53.5 Å². The number of rotatable bonds is 6. The van der Waals surface area contributed by atoms with Crippen LogP contribution in [0.25, 0.3) is 0 Å². The van der Waals surface area contributed by atoms with E-state index in [0.29, 0.717) is 18.8 Å². The Hall–Kier alpha value is -2.36. The van der Waals surface area contributed by atoms with Crippen LogP contribution in [-0.2, 0) is 30.6 Å². The van der Waals surface area contributed by atoms with Crippen LogP contribution in [0.5, 0.6) is 0 Å². The first-order valence-corrected chi connectivity index (χ1v) is 10.2. The zero-order valence-electron chi connectivity index (χ0n) is 17.9. The van der Waals surface area contributed by atoms with Crippen molar-refractivity contribution in [1.29, 1.82) is 0 Å². The highest BCUT2D eigenvalue weighted by Crippen LogP contribution is 2.28. The zero-order chi connectivity index (χ0) is 22.1. The monoisotopic (exact) mass is 426 g/mol. The Morgan fingerprint density at radius 2 is 1.83 bits per heavy atom. The molecule has 0 bridgehead atoms. The van der Waals surface area contributed by atoms with Gasteiger partial charge in [-0.15, -0.1) is 0 Å². The van der Waals surface area contributed by atoms with Crippen LogP contribution >= 0.6 is 0 Å². The van der Waals surface area contributed by atoms with Gasteiger partial charge < -0.3 is 4.90 Å². The van der Waals surface area contributed by atoms with E-state index in [4.69, 9.17) is 0 Å². The highest BCUT2D eigenvalue weighted by atomic mass is 19.4. The molecule has 1 aliphatic rings. The number of hydrogen-bond donors (Lipinski definition) is 0. The third kappa shape index (κ3) is 5.03. The van der Waals surface area contributed by atoms with Crippen molar-refractivity contribution >= 4 is 5.91 Å². The number of carbonyl (C=O) groups is 1. The lowest BCUT2D eigenvalue weighted by Gasteiger charge is -2.36. The molecule has 166 valence electrons. The number of aromatic nitrogens is 4. The van der Waals surface area contributed by atoms with Crippen LogP contribution in [0, 0.1) is 19.8 Å². The van der Waals surface area contributed by atoms with Crippen LogP contribution < -0.4 is 0 Å². The van der Waals surface area contributed by atoms with E-state index >= 15 is 0 Å². The number of halogens is 3. The Morgan fingerprint density at radius 1 is 1.17 bits per heavy atom. The average molecular weight is 426 g/mol. The minimum atomic E-state index is -4.48. The van der Waals surface area contributed by atoms with Crippen molar-refractivity contribution < 1.29 is 18.0 Å². The van der Waals surface area contributed by atoms with Gasteiger partial charge in [0, 0.05) is 56.7 Å². The maximum atomic E-state index is 12.8. The topological polar surface area (TPSA) is 59.2 Å². The molecule has 7 nitrogen and oxygen atoms in total. The fraction of sp³-hybridized carbons (Fsp3) is 0.650. The minimum absolute atomic E-state index is 0.0481. The normalized spacial score (nSPS) is 16.8. The maximum absolute atomic E-state index is 12.8. The lowest BCUT2D eigenvalue weighted by Crippen LogP contribution is -2.50. The highest BCUT2D eigenvalue weighted by molar-refractivity contribution is 5.78. The number of aryl methyl sites for hydroxylation is 3. The molecule has 0 spiro atoms. The Balaban J connectivity index is 1.53. The number of hydrogen-bond acceptors (Lipinski definition) is 4. The smallest absolute Gasteiger partial charge is 0.340 e. The highest BCUT2D eigenvalue weighted by Gasteiger charge is 2.35. The molecular weight excluding hydrogens is 397 g/mol. The van der Waals surface area contributed by atoms with Gasteiger partial charge in [0.1, 0.15) is 0 Å². The van der Waals surface area contributed by atoms with E-state index in [0.717, 1.165) is 37.9 Å². The SMILES string of the molecule is CCn1cc(CN2CCN(C(=O)C(C)Cn3nc(C(F)(F)F)cc3C)CC2)c(C)n1. The molecule has 10 heteroatoms. The molecule has 1 atom stereocenters. The van der Waals surface area contributed by atoms with E-state index in [1.165, 1.54) is 10.2 Å². The molecule has 3 rings (SSSR count). The molecule has 1 aliphatic heterocycles. The predicted octanol–water partition coefficient (Wildman–Crippen LogP) is 2.72. The lowest BCUT2D eigenvalue weighted by atomic mass is 10.1. The summed E-state index contributed by atoms with van der Waals surface area (Å²) in [4.78, 5) is 16.9. The first-order valence-electron chi connectivity index (χ1n) is 10.2. The van der Waals surface area contributed by atoms with Gasteiger partial charge in [0.05, 0.1) is 18.2 Å². The van der Waals surface area contributed by atoms with Gasteiger partial charge in [0.25, 0.3) is 0 Å². The van der Waals surface area contributed by atoms with E-state index in [1.54, 1.807) is 18.7 Å². The lowest BCUT2D eigenvalue weighted by molar-refractivity contribution is -0.141. The van der Waals surface area contributed by atoms with Gasteiger partial charge in [-0.05, 0) is 26.8 Å². The molecule has 2 aromatic rings. The molecule has 0 radical (unpaired) electrons. The first-order chi connectivity index (χ1) is 14.1. The van der Waals surface area contributed by atoms with Gasteiger partial charge in [-0.2, -0.15) is 23.4 Å². The molecule has 1 saturated heterocycles. The van der Waals surface area contributed by atoms with Gasteiger partial charge in [-0.3, -0.25) is 19.1 Å². The fourth-order valence-corrected chi connectivity index (χ4v) is 3.73. The molecule has 0 N–H and O–H groups in total. The summed E-state index contributed by atoms with van der Waals surface area (Å²) in [5.74, 6) is -0.491. The third-order valence-corrected chi connectivity index (χ3v) is 5.59. The molecule has 3 heterocycles. The summed E-state index contributed by atoms with van der Waals surface area (Å²) in [5.41, 5.74) is 1.70. The van der Waals surface area contributed by atoms with Gasteiger partial charge in [0.2, 0.25) is 5.91 Å². The summed E-state index contributed by atoms with van der Waals surface area (Å²) in [6.07, 6.45) is -2.41. The molecule has 0 aromatic carbocycles. The van der Waals surface area contributed by atoms with Crippen LogP contribution in [0.3, 0.4) is 0 Å². The molecule has 0 saturated carbocycles. The summed E-state index contributed by atoms with van der Waals surface area (Å²) in [5, 5.41) is 8.10. The number of amides is 1. The molecular formula is C20H29F3N6O. The summed E-state index contributed by atoms with van der Waals surface area (Å²) in [7, 11) is 0. The molecule has 1 unspecified atom stereocenters. The van der Waals surface area contributed by atoms with E-state index in [9.17, 15) is 18.0 Å². The maximum Gasteiger partial charge on any atom is 0.435 e. The van der Waals surface area contributed by atoms with Crippen molar-refractivity contribution in [3.05, 3.63) is 34.9 Å². The summed E-state index contributed by atoms with van der Waals surface area (Å²) < 4.78 is 41.7. The number of nitrogens with zero attached hydrogens (tertiary/aromatic N) is 6. The van der Waals surface area contributed by atoms with Gasteiger partial charge in [0.15, 0.2) is 5.69 Å². The Labute approximate surface area is 174 Å². The summed E-state index contributed by atoms with van der Waals surface area (Å²) >= 11 is 0. The van der Waals surface area contributed by atoms with Crippen LogP contribution in [-0.4, -0.2) is 61.4 Å². The molecule has 1 amide bonds. The largest absolute Gasteiger partial charge is 0.435 e. The number of piperazine rings is 1. The minimum Gasteiger partial charge on any atom is -0.340 e. The number of alkyl halides is 3. The second kappa shape index (κ2) is 8.79. The van der Waals surface area contributed by atoms with Crippen molar-refractivity contribution in [2.24, 2.45) is 5.92 Å². The quantitative estimate of drug-likeness (QED) is 0.713. The van der Waals surface area contributed by atoms with Crippen molar-refractivity contribution in [1.82, 2.24) is 29.4 Å².